The molecule has 1 fully saturated rings. The maximum absolute atomic E-state index is 12.6. The smallest absolute Gasteiger partial charge is 0.254 e. The van der Waals surface area contributed by atoms with Gasteiger partial charge in [0.05, 0.1) is 6.04 Å². The minimum absolute atomic E-state index is 0.0938. The van der Waals surface area contributed by atoms with E-state index in [1.807, 2.05) is 23.1 Å². The van der Waals surface area contributed by atoms with Crippen molar-refractivity contribution in [2.45, 2.75) is 18.9 Å². The topological polar surface area (TPSA) is 46.3 Å². The Kier molecular flexibility index (Phi) is 3.42. The van der Waals surface area contributed by atoms with Crippen molar-refractivity contribution in [1.82, 2.24) is 4.90 Å². The Balaban J connectivity index is 1.85. The number of rotatable bonds is 2. The molecule has 1 aliphatic rings. The third-order valence-electron chi connectivity index (χ3n) is 3.86. The van der Waals surface area contributed by atoms with E-state index in [-0.39, 0.29) is 11.9 Å². The van der Waals surface area contributed by atoms with Gasteiger partial charge in [-0.3, -0.25) is 4.79 Å². The molecular formula is C17H18N2O. The van der Waals surface area contributed by atoms with Gasteiger partial charge in [0.25, 0.3) is 5.91 Å². The van der Waals surface area contributed by atoms with E-state index in [0.29, 0.717) is 11.3 Å². The highest BCUT2D eigenvalue weighted by molar-refractivity contribution is 5.95. The number of nitrogen functional groups attached to an aromatic ring is 1. The van der Waals surface area contributed by atoms with E-state index in [4.69, 9.17) is 5.73 Å². The Morgan fingerprint density at radius 1 is 1.05 bits per heavy atom. The zero-order valence-electron chi connectivity index (χ0n) is 11.3. The van der Waals surface area contributed by atoms with Gasteiger partial charge in [-0.1, -0.05) is 30.3 Å². The molecule has 20 heavy (non-hydrogen) atoms. The van der Waals surface area contributed by atoms with Crippen LogP contribution in [0.4, 0.5) is 5.69 Å². The molecule has 0 spiro atoms. The van der Waals surface area contributed by atoms with Crippen LogP contribution in [-0.4, -0.2) is 17.4 Å². The van der Waals surface area contributed by atoms with Crippen molar-refractivity contribution >= 4 is 11.6 Å². The van der Waals surface area contributed by atoms with Gasteiger partial charge in [-0.15, -0.1) is 0 Å². The summed E-state index contributed by atoms with van der Waals surface area (Å²) in [5.74, 6) is 0.0938. The van der Waals surface area contributed by atoms with E-state index in [9.17, 15) is 4.79 Å². The summed E-state index contributed by atoms with van der Waals surface area (Å²) in [5, 5.41) is 0. The average Bonchev–Trinajstić information content (AvgIpc) is 2.97. The Morgan fingerprint density at radius 3 is 2.45 bits per heavy atom. The van der Waals surface area contributed by atoms with Crippen molar-refractivity contribution in [2.24, 2.45) is 0 Å². The van der Waals surface area contributed by atoms with Crippen molar-refractivity contribution in [3.63, 3.8) is 0 Å². The predicted octanol–water partition coefficient (Wildman–Crippen LogP) is 3.25. The lowest BCUT2D eigenvalue weighted by atomic mass is 10.0. The lowest BCUT2D eigenvalue weighted by Crippen LogP contribution is -2.30. The van der Waals surface area contributed by atoms with Gasteiger partial charge in [0, 0.05) is 17.8 Å². The minimum Gasteiger partial charge on any atom is -0.399 e. The van der Waals surface area contributed by atoms with E-state index >= 15 is 0 Å². The summed E-state index contributed by atoms with van der Waals surface area (Å²) in [6.45, 7) is 0.822. The van der Waals surface area contributed by atoms with Crippen LogP contribution in [0.15, 0.2) is 54.6 Å². The van der Waals surface area contributed by atoms with Crippen LogP contribution in [0.1, 0.15) is 34.8 Å². The Bertz CT molecular complexity index is 592. The highest BCUT2D eigenvalue weighted by Crippen LogP contribution is 2.32. The molecule has 3 nitrogen and oxygen atoms in total. The van der Waals surface area contributed by atoms with Gasteiger partial charge in [-0.05, 0) is 42.7 Å². The summed E-state index contributed by atoms with van der Waals surface area (Å²) >= 11 is 0. The molecule has 1 saturated heterocycles. The average molecular weight is 266 g/mol. The molecular weight excluding hydrogens is 248 g/mol. The summed E-state index contributed by atoms with van der Waals surface area (Å²) in [6, 6.07) is 17.6. The molecule has 2 N–H and O–H groups in total. The summed E-state index contributed by atoms with van der Waals surface area (Å²) < 4.78 is 0. The lowest BCUT2D eigenvalue weighted by Gasteiger charge is -2.25. The van der Waals surface area contributed by atoms with Crippen LogP contribution in [0.2, 0.25) is 0 Å². The summed E-state index contributed by atoms with van der Waals surface area (Å²) in [7, 11) is 0. The zero-order chi connectivity index (χ0) is 13.9. The molecule has 1 aliphatic heterocycles. The van der Waals surface area contributed by atoms with Gasteiger partial charge in [-0.25, -0.2) is 0 Å². The second-order valence-corrected chi connectivity index (χ2v) is 5.19. The Morgan fingerprint density at radius 2 is 1.75 bits per heavy atom. The zero-order valence-corrected chi connectivity index (χ0v) is 11.3. The van der Waals surface area contributed by atoms with Crippen LogP contribution in [-0.2, 0) is 0 Å². The number of nitrogens with zero attached hydrogens (tertiary/aromatic N) is 1. The van der Waals surface area contributed by atoms with E-state index in [0.717, 1.165) is 19.4 Å². The van der Waals surface area contributed by atoms with Gasteiger partial charge >= 0.3 is 0 Å². The third kappa shape index (κ3) is 2.39. The molecule has 0 bridgehead atoms. The number of hydrogen-bond acceptors (Lipinski definition) is 2. The Labute approximate surface area is 119 Å². The number of hydrogen-bond donors (Lipinski definition) is 1. The number of carbonyl (C=O) groups is 1. The molecule has 0 radical (unpaired) electrons. The molecule has 0 aliphatic carbocycles. The Hall–Kier alpha value is -2.29. The fourth-order valence-corrected chi connectivity index (χ4v) is 2.82. The maximum atomic E-state index is 12.6. The van der Waals surface area contributed by atoms with Crippen molar-refractivity contribution in [3.05, 3.63) is 65.7 Å². The fraction of sp³-hybridized carbons (Fsp3) is 0.235. The number of likely N-dealkylation sites (tertiary alicyclic amines) is 1. The molecule has 1 heterocycles. The first-order chi connectivity index (χ1) is 9.75. The predicted molar refractivity (Wildman–Crippen MR) is 80.3 cm³/mol. The van der Waals surface area contributed by atoms with Gasteiger partial charge in [0.15, 0.2) is 0 Å². The van der Waals surface area contributed by atoms with Gasteiger partial charge in [0.2, 0.25) is 0 Å². The minimum atomic E-state index is 0.0938. The molecule has 1 amide bonds. The van der Waals surface area contributed by atoms with Crippen LogP contribution in [0, 0.1) is 0 Å². The van der Waals surface area contributed by atoms with Crippen LogP contribution < -0.4 is 5.73 Å². The molecule has 2 aromatic carbocycles. The second kappa shape index (κ2) is 5.37. The number of nitrogens with two attached hydrogens (primary N) is 1. The molecule has 102 valence electrons. The summed E-state index contributed by atoms with van der Waals surface area (Å²) in [6.07, 6.45) is 2.09. The lowest BCUT2D eigenvalue weighted by molar-refractivity contribution is 0.0735. The van der Waals surface area contributed by atoms with Gasteiger partial charge < -0.3 is 10.6 Å². The number of carbonyl (C=O) groups excluding carboxylic acids is 1. The standard InChI is InChI=1S/C17H18N2O/c18-15-10-8-14(9-11-15)17(20)19-12-4-7-16(19)13-5-2-1-3-6-13/h1-3,5-6,8-11,16H,4,7,12,18H2/t16-/m1/s1. The highest BCUT2D eigenvalue weighted by atomic mass is 16.2. The van der Waals surface area contributed by atoms with Crippen molar-refractivity contribution < 1.29 is 4.79 Å². The monoisotopic (exact) mass is 266 g/mol. The van der Waals surface area contributed by atoms with E-state index < -0.39 is 0 Å². The normalized spacial score (nSPS) is 18.2. The van der Waals surface area contributed by atoms with Crippen molar-refractivity contribution in [2.75, 3.05) is 12.3 Å². The fourth-order valence-electron chi connectivity index (χ4n) is 2.82. The molecule has 0 saturated carbocycles. The largest absolute Gasteiger partial charge is 0.399 e. The van der Waals surface area contributed by atoms with Gasteiger partial charge in [-0.2, -0.15) is 0 Å². The molecule has 3 rings (SSSR count). The summed E-state index contributed by atoms with van der Waals surface area (Å²) in [5.41, 5.74) is 8.28. The first-order valence-corrected chi connectivity index (χ1v) is 6.97. The van der Waals surface area contributed by atoms with E-state index in [2.05, 4.69) is 12.1 Å². The number of benzene rings is 2. The molecule has 0 aromatic heterocycles. The number of anilines is 1. The first-order valence-electron chi connectivity index (χ1n) is 6.97. The molecule has 3 heteroatoms. The number of amides is 1. The first kappa shape index (κ1) is 12.7. The molecule has 1 atom stereocenters. The van der Waals surface area contributed by atoms with Crippen LogP contribution in [0.3, 0.4) is 0 Å². The molecule has 0 unspecified atom stereocenters. The van der Waals surface area contributed by atoms with Gasteiger partial charge in [0.1, 0.15) is 0 Å². The quantitative estimate of drug-likeness (QED) is 0.848. The molecule has 2 aromatic rings. The second-order valence-electron chi connectivity index (χ2n) is 5.19. The van der Waals surface area contributed by atoms with E-state index in [1.54, 1.807) is 24.3 Å². The van der Waals surface area contributed by atoms with Crippen LogP contribution >= 0.6 is 0 Å². The van der Waals surface area contributed by atoms with Crippen molar-refractivity contribution in [3.8, 4) is 0 Å². The van der Waals surface area contributed by atoms with Crippen LogP contribution in [0.25, 0.3) is 0 Å². The maximum Gasteiger partial charge on any atom is 0.254 e. The third-order valence-corrected chi connectivity index (χ3v) is 3.86. The van der Waals surface area contributed by atoms with Crippen LogP contribution in [0.5, 0.6) is 0 Å². The summed E-state index contributed by atoms with van der Waals surface area (Å²) in [4.78, 5) is 14.6. The highest BCUT2D eigenvalue weighted by Gasteiger charge is 2.30. The SMILES string of the molecule is Nc1ccc(C(=O)N2CCC[C@@H]2c2ccccc2)cc1. The van der Waals surface area contributed by atoms with E-state index in [1.165, 1.54) is 5.56 Å². The van der Waals surface area contributed by atoms with Crippen molar-refractivity contribution in [1.29, 1.82) is 0 Å².